The minimum Gasteiger partial charge on any atom is -0.362 e. The molecule has 1 saturated heterocycles. The Kier molecular flexibility index (Phi) is 6.53. The predicted octanol–water partition coefficient (Wildman–Crippen LogP) is 2.96. The van der Waals surface area contributed by atoms with Gasteiger partial charge in [0.2, 0.25) is 5.91 Å². The molecule has 214 valence electrons. The van der Waals surface area contributed by atoms with Crippen LogP contribution >= 0.6 is 0 Å². The van der Waals surface area contributed by atoms with Gasteiger partial charge < -0.3 is 15.0 Å². The van der Waals surface area contributed by atoms with Crippen molar-refractivity contribution in [3.8, 4) is 0 Å². The first-order valence-corrected chi connectivity index (χ1v) is 12.9. The second-order valence-corrected chi connectivity index (χ2v) is 11.3. The Bertz CT molecular complexity index is 1460. The zero-order chi connectivity index (χ0) is 29.3. The van der Waals surface area contributed by atoms with Crippen LogP contribution in [-0.4, -0.2) is 66.2 Å². The number of ether oxygens (including phenoxy) is 1. The number of halogens is 8. The molecule has 4 rings (SSSR count). The van der Waals surface area contributed by atoms with E-state index in [1.54, 1.807) is 0 Å². The zero-order valence-corrected chi connectivity index (χ0v) is 20.7. The molecule has 1 spiro atoms. The Morgan fingerprint density at radius 2 is 1.72 bits per heavy atom. The number of aromatic nitrogens is 2. The lowest BCUT2D eigenvalue weighted by Gasteiger charge is -2.47. The molecular formula is C21H18F8N4O5S. The Morgan fingerprint density at radius 1 is 1.10 bits per heavy atom. The first-order valence-electron chi connectivity index (χ1n) is 10.8. The van der Waals surface area contributed by atoms with Crippen molar-refractivity contribution in [3.63, 3.8) is 0 Å². The van der Waals surface area contributed by atoms with E-state index in [0.29, 0.717) is 18.2 Å². The summed E-state index contributed by atoms with van der Waals surface area (Å²) in [5.74, 6) is -9.07. The number of fused-ring (bicyclic) bond motifs is 2. The van der Waals surface area contributed by atoms with Crippen LogP contribution in [0.3, 0.4) is 0 Å². The second-order valence-electron chi connectivity index (χ2n) is 9.19. The van der Waals surface area contributed by atoms with Crippen molar-refractivity contribution >= 4 is 27.3 Å². The molecule has 2 amide bonds. The highest BCUT2D eigenvalue weighted by Gasteiger charge is 2.64. The van der Waals surface area contributed by atoms with E-state index in [1.807, 2.05) is 0 Å². The lowest BCUT2D eigenvalue weighted by molar-refractivity contribution is -0.292. The summed E-state index contributed by atoms with van der Waals surface area (Å²) in [6.07, 6.45) is -11.3. The molecule has 39 heavy (non-hydrogen) atoms. The maximum Gasteiger partial charge on any atom is 0.459 e. The number of carbonyl (C=O) groups is 2. The molecule has 1 aromatic carbocycles. The molecule has 0 bridgehead atoms. The number of benzene rings is 1. The number of aryl methyl sites for hydroxylation is 1. The van der Waals surface area contributed by atoms with Crippen molar-refractivity contribution in [3.05, 3.63) is 46.3 Å². The van der Waals surface area contributed by atoms with Crippen molar-refractivity contribution < 1.29 is 57.9 Å². The van der Waals surface area contributed by atoms with Gasteiger partial charge in [0.1, 0.15) is 22.6 Å². The third-order valence-corrected chi connectivity index (χ3v) is 6.96. The minimum atomic E-state index is -6.41. The van der Waals surface area contributed by atoms with Crippen molar-refractivity contribution in [1.29, 1.82) is 0 Å². The number of likely N-dealkylation sites (tertiary alicyclic amines) is 1. The van der Waals surface area contributed by atoms with Gasteiger partial charge >= 0.3 is 18.3 Å². The molecule has 0 atom stereocenters. The maximum atomic E-state index is 13.9. The molecule has 9 nitrogen and oxygen atoms in total. The second kappa shape index (κ2) is 8.87. The molecule has 1 aromatic heterocycles. The Labute approximate surface area is 214 Å². The molecular weight excluding hydrogens is 572 g/mol. The largest absolute Gasteiger partial charge is 0.459 e. The molecule has 1 N–H and O–H groups in total. The van der Waals surface area contributed by atoms with Gasteiger partial charge in [0.05, 0.1) is 19.7 Å². The number of amides is 2. The summed E-state index contributed by atoms with van der Waals surface area (Å²) in [4.78, 5) is 26.1. The van der Waals surface area contributed by atoms with Crippen molar-refractivity contribution in [1.82, 2.24) is 14.7 Å². The van der Waals surface area contributed by atoms with Gasteiger partial charge in [-0.3, -0.25) is 14.3 Å². The summed E-state index contributed by atoms with van der Waals surface area (Å²) in [5.41, 5.74) is -7.00. The summed E-state index contributed by atoms with van der Waals surface area (Å²) in [5, 5.41) is 4.75. The Morgan fingerprint density at radius 3 is 2.26 bits per heavy atom. The van der Waals surface area contributed by atoms with Crippen LogP contribution in [0.5, 0.6) is 0 Å². The topological polar surface area (TPSA) is 111 Å². The fourth-order valence-corrected chi connectivity index (χ4v) is 5.05. The molecule has 0 aliphatic carbocycles. The van der Waals surface area contributed by atoms with Gasteiger partial charge in [-0.15, -0.1) is 0 Å². The lowest BCUT2D eigenvalue weighted by Crippen LogP contribution is -2.62. The van der Waals surface area contributed by atoms with E-state index in [9.17, 15) is 53.1 Å². The molecule has 2 aliphatic rings. The Balaban J connectivity index is 1.63. The molecule has 2 aliphatic heterocycles. The molecule has 0 saturated carbocycles. The molecule has 3 heterocycles. The number of nitrogens with one attached hydrogen (secondary N) is 1. The van der Waals surface area contributed by atoms with Crippen LogP contribution in [0.15, 0.2) is 18.2 Å². The predicted molar refractivity (Wildman–Crippen MR) is 115 cm³/mol. The fourth-order valence-electron chi connectivity index (χ4n) is 4.42. The number of carbonyl (C=O) groups excluding carboxylic acids is 2. The highest BCUT2D eigenvalue weighted by atomic mass is 32.2. The number of sulfone groups is 1. The third-order valence-electron chi connectivity index (χ3n) is 6.19. The highest BCUT2D eigenvalue weighted by molar-refractivity contribution is 7.91. The number of nitrogens with zero attached hydrogens (tertiary/aromatic N) is 3. The number of anilines is 1. The van der Waals surface area contributed by atoms with Crippen molar-refractivity contribution in [2.75, 3.05) is 30.4 Å². The van der Waals surface area contributed by atoms with E-state index in [2.05, 4.69) is 10.4 Å². The monoisotopic (exact) mass is 590 g/mol. The van der Waals surface area contributed by atoms with Crippen LogP contribution in [0.2, 0.25) is 0 Å². The SMILES string of the molecule is Cn1nc(C(F)(F)C(F)(F)F)c(C(F)(F)F)c1C(=O)Nc1ccc2c(c1)C1(CN(C(=O)CS(C)(=O)=O)C1)OC2. The molecule has 2 aromatic rings. The van der Waals surface area contributed by atoms with Crippen LogP contribution in [0.1, 0.15) is 32.9 Å². The van der Waals surface area contributed by atoms with Gasteiger partial charge in [0, 0.05) is 19.0 Å². The van der Waals surface area contributed by atoms with Crippen LogP contribution in [0, 0.1) is 0 Å². The van der Waals surface area contributed by atoms with Gasteiger partial charge in [0.25, 0.3) is 5.91 Å². The number of hydrogen-bond donors (Lipinski definition) is 1. The third kappa shape index (κ3) is 5.06. The fraction of sp³-hybridized carbons (Fsp3) is 0.476. The summed E-state index contributed by atoms with van der Waals surface area (Å²) in [6, 6.07) is 3.99. The maximum absolute atomic E-state index is 13.9. The summed E-state index contributed by atoms with van der Waals surface area (Å²) in [7, 11) is -2.98. The van der Waals surface area contributed by atoms with Gasteiger partial charge in [-0.05, 0) is 23.3 Å². The minimum absolute atomic E-state index is 0.0116. The van der Waals surface area contributed by atoms with Gasteiger partial charge in [0.15, 0.2) is 15.5 Å². The van der Waals surface area contributed by atoms with E-state index >= 15 is 0 Å². The van der Waals surface area contributed by atoms with Crippen molar-refractivity contribution in [2.24, 2.45) is 7.05 Å². The Hall–Kier alpha value is -3.28. The average Bonchev–Trinajstić information content (AvgIpc) is 3.28. The van der Waals surface area contributed by atoms with Crippen molar-refractivity contribution in [2.45, 2.75) is 30.5 Å². The number of alkyl halides is 8. The molecule has 18 heteroatoms. The smallest absolute Gasteiger partial charge is 0.362 e. The van der Waals surface area contributed by atoms with E-state index in [-0.39, 0.29) is 30.1 Å². The van der Waals surface area contributed by atoms with E-state index < -0.39 is 68.2 Å². The molecule has 0 unspecified atom stereocenters. The van der Waals surface area contributed by atoms with E-state index in [0.717, 1.165) is 6.26 Å². The number of hydrogen-bond acceptors (Lipinski definition) is 6. The van der Waals surface area contributed by atoms with E-state index in [4.69, 9.17) is 4.74 Å². The summed E-state index contributed by atoms with van der Waals surface area (Å²) < 4.78 is 136. The van der Waals surface area contributed by atoms with Gasteiger partial charge in [-0.1, -0.05) is 6.07 Å². The first-order chi connectivity index (χ1) is 17.7. The van der Waals surface area contributed by atoms with Crippen LogP contribution in [-0.2, 0) is 50.7 Å². The summed E-state index contributed by atoms with van der Waals surface area (Å²) >= 11 is 0. The number of rotatable bonds is 5. The quantitative estimate of drug-likeness (QED) is 0.537. The van der Waals surface area contributed by atoms with Crippen LogP contribution in [0.25, 0.3) is 0 Å². The zero-order valence-electron chi connectivity index (χ0n) is 19.9. The lowest BCUT2D eigenvalue weighted by atomic mass is 9.85. The van der Waals surface area contributed by atoms with Crippen LogP contribution < -0.4 is 5.32 Å². The molecule has 0 radical (unpaired) electrons. The van der Waals surface area contributed by atoms with Gasteiger partial charge in [-0.2, -0.15) is 40.2 Å². The van der Waals surface area contributed by atoms with Gasteiger partial charge in [-0.25, -0.2) is 8.42 Å². The van der Waals surface area contributed by atoms with Crippen LogP contribution in [0.4, 0.5) is 40.8 Å². The van der Waals surface area contributed by atoms with E-state index in [1.165, 1.54) is 23.1 Å². The summed E-state index contributed by atoms with van der Waals surface area (Å²) in [6.45, 7) is -0.0450. The standard InChI is InChI=1S/C21H18F8N4O5S/c1-32-15(14(20(24,25)26)16(31-32)19(22,23)21(27,28)29)17(35)30-11-4-3-10-6-38-18(12(10)5-11)8-33(9-18)13(34)7-39(2,36)37/h3-5H,6-9H2,1-2H3,(H,30,35). The molecule has 1 fully saturated rings. The first kappa shape index (κ1) is 28.7. The highest BCUT2D eigenvalue weighted by Crippen LogP contribution is 2.49. The normalized spacial score (nSPS) is 17.2. The average molecular weight is 590 g/mol.